The molecule has 16 heavy (non-hydrogen) atoms. The van der Waals surface area contributed by atoms with Gasteiger partial charge in [0.15, 0.2) is 0 Å². The molecule has 1 aromatic heterocycles. The van der Waals surface area contributed by atoms with E-state index in [1.807, 2.05) is 20.0 Å². The van der Waals surface area contributed by atoms with Gasteiger partial charge < -0.3 is 4.74 Å². The smallest absolute Gasteiger partial charge is 0.0992 e. The van der Waals surface area contributed by atoms with Gasteiger partial charge in [-0.2, -0.15) is 5.10 Å². The molecule has 0 atom stereocenters. The minimum Gasteiger partial charge on any atom is -0.377 e. The first-order valence-electron chi connectivity index (χ1n) is 5.87. The van der Waals surface area contributed by atoms with Crippen LogP contribution in [0.15, 0.2) is 24.4 Å². The van der Waals surface area contributed by atoms with Crippen molar-refractivity contribution in [2.45, 2.75) is 26.8 Å². The molecular formula is C13H18N2O. The van der Waals surface area contributed by atoms with E-state index in [0.717, 1.165) is 13.2 Å². The monoisotopic (exact) mass is 218 g/mol. The van der Waals surface area contributed by atoms with Crippen LogP contribution in [0.25, 0.3) is 10.9 Å². The third-order valence-corrected chi connectivity index (χ3v) is 2.83. The van der Waals surface area contributed by atoms with Crippen LogP contribution < -0.4 is 0 Å². The number of aryl methyl sites for hydroxylation is 1. The van der Waals surface area contributed by atoms with Gasteiger partial charge in [0.1, 0.15) is 0 Å². The third-order valence-electron chi connectivity index (χ3n) is 2.83. The standard InChI is InChI=1S/C11H12N2O.C2H6/c1-8-3-2-4-11-10(8)5-12-13(11)9-6-14-7-9;1-2/h2-5,9H,6-7H2,1H3;1-2H3. The molecule has 3 nitrogen and oxygen atoms in total. The highest BCUT2D eigenvalue weighted by molar-refractivity contribution is 5.82. The Balaban J connectivity index is 0.000000457. The van der Waals surface area contributed by atoms with Crippen molar-refractivity contribution in [1.29, 1.82) is 0 Å². The van der Waals surface area contributed by atoms with Crippen LogP contribution in [0, 0.1) is 6.92 Å². The van der Waals surface area contributed by atoms with E-state index in [1.54, 1.807) is 0 Å². The Labute approximate surface area is 96.0 Å². The molecule has 1 aromatic carbocycles. The normalized spacial score (nSPS) is 15.4. The Kier molecular flexibility index (Phi) is 3.25. The Morgan fingerprint density at radius 2 is 2.06 bits per heavy atom. The molecule has 0 saturated carbocycles. The Morgan fingerprint density at radius 1 is 1.31 bits per heavy atom. The largest absolute Gasteiger partial charge is 0.377 e. The van der Waals surface area contributed by atoms with Crippen LogP contribution in [-0.2, 0) is 4.74 Å². The van der Waals surface area contributed by atoms with Gasteiger partial charge in [0.25, 0.3) is 0 Å². The lowest BCUT2D eigenvalue weighted by Gasteiger charge is -2.26. The molecule has 1 saturated heterocycles. The number of nitrogens with zero attached hydrogens (tertiary/aromatic N) is 2. The van der Waals surface area contributed by atoms with E-state index in [9.17, 15) is 0 Å². The van der Waals surface area contributed by atoms with Gasteiger partial charge in [0.05, 0.1) is 31.0 Å². The molecule has 2 heterocycles. The molecule has 3 rings (SSSR count). The van der Waals surface area contributed by atoms with E-state index in [0.29, 0.717) is 6.04 Å². The van der Waals surface area contributed by atoms with E-state index in [2.05, 4.69) is 34.9 Å². The molecule has 1 aliphatic heterocycles. The molecule has 1 aliphatic rings. The van der Waals surface area contributed by atoms with Gasteiger partial charge in [0.2, 0.25) is 0 Å². The van der Waals surface area contributed by atoms with Crippen molar-refractivity contribution in [3.63, 3.8) is 0 Å². The second kappa shape index (κ2) is 4.66. The van der Waals surface area contributed by atoms with Crippen molar-refractivity contribution in [3.05, 3.63) is 30.0 Å². The highest BCUT2D eigenvalue weighted by Gasteiger charge is 2.22. The van der Waals surface area contributed by atoms with Crippen LogP contribution >= 0.6 is 0 Å². The third kappa shape index (κ3) is 1.71. The molecule has 0 radical (unpaired) electrons. The maximum atomic E-state index is 5.18. The number of hydrogen-bond acceptors (Lipinski definition) is 2. The molecule has 0 N–H and O–H groups in total. The van der Waals surface area contributed by atoms with Gasteiger partial charge in [-0.15, -0.1) is 0 Å². The Morgan fingerprint density at radius 3 is 2.69 bits per heavy atom. The van der Waals surface area contributed by atoms with Gasteiger partial charge in [-0.25, -0.2) is 0 Å². The molecule has 0 amide bonds. The quantitative estimate of drug-likeness (QED) is 0.735. The van der Waals surface area contributed by atoms with Crippen LogP contribution in [0.3, 0.4) is 0 Å². The molecular weight excluding hydrogens is 200 g/mol. The minimum atomic E-state index is 0.439. The summed E-state index contributed by atoms with van der Waals surface area (Å²) in [6.45, 7) is 7.71. The van der Waals surface area contributed by atoms with Gasteiger partial charge in [-0.05, 0) is 18.6 Å². The maximum absolute atomic E-state index is 5.18. The van der Waals surface area contributed by atoms with Crippen LogP contribution in [-0.4, -0.2) is 23.0 Å². The predicted molar refractivity (Wildman–Crippen MR) is 65.7 cm³/mol. The van der Waals surface area contributed by atoms with E-state index >= 15 is 0 Å². The molecule has 1 fully saturated rings. The number of benzene rings is 1. The second-order valence-corrected chi connectivity index (χ2v) is 3.79. The van der Waals surface area contributed by atoms with Crippen LogP contribution in [0.1, 0.15) is 25.5 Å². The first kappa shape index (κ1) is 11.1. The summed E-state index contributed by atoms with van der Waals surface area (Å²) in [6, 6.07) is 6.75. The van der Waals surface area contributed by atoms with E-state index in [4.69, 9.17) is 4.74 Å². The summed E-state index contributed by atoms with van der Waals surface area (Å²) in [6.07, 6.45) is 1.95. The first-order valence-corrected chi connectivity index (χ1v) is 5.87. The number of ether oxygens (including phenoxy) is 1. The molecule has 86 valence electrons. The zero-order chi connectivity index (χ0) is 11.5. The number of hydrogen-bond donors (Lipinski definition) is 0. The summed E-state index contributed by atoms with van der Waals surface area (Å²) >= 11 is 0. The van der Waals surface area contributed by atoms with E-state index in [1.165, 1.54) is 16.5 Å². The lowest BCUT2D eigenvalue weighted by molar-refractivity contribution is -0.0266. The zero-order valence-corrected chi connectivity index (χ0v) is 10.1. The number of aromatic nitrogens is 2. The molecule has 0 unspecified atom stereocenters. The first-order chi connectivity index (χ1) is 7.86. The molecule has 2 aromatic rings. The van der Waals surface area contributed by atoms with Crippen molar-refractivity contribution in [2.24, 2.45) is 0 Å². The van der Waals surface area contributed by atoms with E-state index < -0.39 is 0 Å². The molecule has 3 heteroatoms. The molecule has 0 aliphatic carbocycles. The Bertz CT molecular complexity index is 472. The van der Waals surface area contributed by atoms with Crippen molar-refractivity contribution >= 4 is 10.9 Å². The van der Waals surface area contributed by atoms with Crippen LogP contribution in [0.2, 0.25) is 0 Å². The highest BCUT2D eigenvalue weighted by Crippen LogP contribution is 2.24. The van der Waals surface area contributed by atoms with Gasteiger partial charge in [-0.1, -0.05) is 26.0 Å². The average Bonchev–Trinajstić information content (AvgIpc) is 2.65. The predicted octanol–water partition coefficient (Wildman–Crippen LogP) is 2.94. The van der Waals surface area contributed by atoms with Crippen molar-refractivity contribution in [2.75, 3.05) is 13.2 Å². The summed E-state index contributed by atoms with van der Waals surface area (Å²) < 4.78 is 7.25. The summed E-state index contributed by atoms with van der Waals surface area (Å²) in [5.74, 6) is 0. The maximum Gasteiger partial charge on any atom is 0.0992 e. The SMILES string of the molecule is CC.Cc1cccc2c1cnn2C1COC1. The summed E-state index contributed by atoms with van der Waals surface area (Å²) in [7, 11) is 0. The second-order valence-electron chi connectivity index (χ2n) is 3.79. The van der Waals surface area contributed by atoms with Gasteiger partial charge >= 0.3 is 0 Å². The average molecular weight is 218 g/mol. The fraction of sp³-hybridized carbons (Fsp3) is 0.462. The topological polar surface area (TPSA) is 27.1 Å². The summed E-state index contributed by atoms with van der Waals surface area (Å²) in [5, 5.41) is 5.66. The van der Waals surface area contributed by atoms with Crippen molar-refractivity contribution < 1.29 is 4.74 Å². The summed E-state index contributed by atoms with van der Waals surface area (Å²) in [5.41, 5.74) is 2.51. The lowest BCUT2D eigenvalue weighted by atomic mass is 10.1. The van der Waals surface area contributed by atoms with Crippen LogP contribution in [0.5, 0.6) is 0 Å². The van der Waals surface area contributed by atoms with Gasteiger partial charge in [-0.3, -0.25) is 4.68 Å². The van der Waals surface area contributed by atoms with E-state index in [-0.39, 0.29) is 0 Å². The zero-order valence-electron chi connectivity index (χ0n) is 10.1. The lowest BCUT2D eigenvalue weighted by Crippen LogP contribution is -2.31. The van der Waals surface area contributed by atoms with Crippen molar-refractivity contribution in [1.82, 2.24) is 9.78 Å². The minimum absolute atomic E-state index is 0.439. The molecule has 0 bridgehead atoms. The fourth-order valence-corrected chi connectivity index (χ4v) is 1.87. The van der Waals surface area contributed by atoms with Gasteiger partial charge in [0, 0.05) is 5.39 Å². The molecule has 0 spiro atoms. The summed E-state index contributed by atoms with van der Waals surface area (Å²) in [4.78, 5) is 0. The van der Waals surface area contributed by atoms with Crippen LogP contribution in [0.4, 0.5) is 0 Å². The Hall–Kier alpha value is -1.35. The fourth-order valence-electron chi connectivity index (χ4n) is 1.87. The number of fused-ring (bicyclic) bond motifs is 1. The van der Waals surface area contributed by atoms with Crippen molar-refractivity contribution in [3.8, 4) is 0 Å². The number of rotatable bonds is 1. The highest BCUT2D eigenvalue weighted by atomic mass is 16.5.